The molecule has 2 heterocycles. The smallest absolute Gasteiger partial charge is 0.405 e. The number of fused-ring (bicyclic) bond motifs is 2. The van der Waals surface area contributed by atoms with Gasteiger partial charge in [-0.05, 0) is 63.7 Å². The van der Waals surface area contributed by atoms with E-state index in [9.17, 15) is 19.2 Å². The maximum absolute atomic E-state index is 13.3. The highest BCUT2D eigenvalue weighted by molar-refractivity contribution is 5.98. The highest BCUT2D eigenvalue weighted by Gasteiger charge is 2.60. The van der Waals surface area contributed by atoms with E-state index < -0.39 is 23.8 Å². The molecule has 3 fully saturated rings. The Bertz CT molecular complexity index is 795. The SMILES string of the molecule is NC(=O)OC1CCCCCC=CC2CC2(C(=O)NCC2CC2)NC(=O)C2CCCN2C1=O. The van der Waals surface area contributed by atoms with Crippen LogP contribution >= 0.6 is 0 Å². The summed E-state index contributed by atoms with van der Waals surface area (Å²) >= 11 is 0. The van der Waals surface area contributed by atoms with E-state index in [0.717, 1.165) is 38.5 Å². The minimum Gasteiger partial charge on any atom is -0.436 e. The maximum Gasteiger partial charge on any atom is 0.405 e. The van der Waals surface area contributed by atoms with Gasteiger partial charge in [-0.2, -0.15) is 0 Å². The number of ether oxygens (including phenoxy) is 1. The number of rotatable bonds is 4. The zero-order chi connectivity index (χ0) is 22.7. The third-order valence-electron chi connectivity index (χ3n) is 7.09. The van der Waals surface area contributed by atoms with Gasteiger partial charge in [0.25, 0.3) is 5.91 Å². The van der Waals surface area contributed by atoms with Crippen LogP contribution in [0.15, 0.2) is 12.2 Å². The highest BCUT2D eigenvalue weighted by atomic mass is 16.6. The number of nitrogens with one attached hydrogen (secondary N) is 2. The van der Waals surface area contributed by atoms with Crippen molar-refractivity contribution in [1.29, 1.82) is 0 Å². The molecule has 0 bridgehead atoms. The van der Waals surface area contributed by atoms with Crippen molar-refractivity contribution in [1.82, 2.24) is 15.5 Å². The lowest BCUT2D eigenvalue weighted by Gasteiger charge is -2.29. The first kappa shape index (κ1) is 22.6. The second-order valence-corrected chi connectivity index (χ2v) is 9.61. The number of amides is 4. The number of primary amides is 1. The summed E-state index contributed by atoms with van der Waals surface area (Å²) in [6, 6.07) is -0.676. The zero-order valence-electron chi connectivity index (χ0n) is 18.5. The molecule has 2 aliphatic carbocycles. The molecule has 0 spiro atoms. The third-order valence-corrected chi connectivity index (χ3v) is 7.09. The molecule has 0 aromatic rings. The molecular formula is C23H34N4O5. The lowest BCUT2D eigenvalue weighted by Crippen LogP contribution is -2.56. The van der Waals surface area contributed by atoms with Gasteiger partial charge in [0, 0.05) is 19.0 Å². The van der Waals surface area contributed by atoms with Crippen molar-refractivity contribution < 1.29 is 23.9 Å². The molecule has 2 saturated carbocycles. The van der Waals surface area contributed by atoms with Gasteiger partial charge in [-0.3, -0.25) is 14.4 Å². The number of nitrogens with two attached hydrogens (primary N) is 1. The molecule has 4 N–H and O–H groups in total. The molecule has 9 nitrogen and oxygen atoms in total. The lowest BCUT2D eigenvalue weighted by molar-refractivity contribution is -0.146. The van der Waals surface area contributed by atoms with E-state index >= 15 is 0 Å². The standard InChI is InChI=1S/C23H34N4O5/c24-22(31)32-18-9-5-3-1-2-4-7-16-13-23(16,21(30)25-14-15-10-11-15)26-19(28)17-8-6-12-27(17)20(18)29/h4,7,15-18H,1-3,5-6,8-14H2,(H2,24,31)(H,25,30)(H,26,28). The number of carbonyl (C=O) groups excluding carboxylic acids is 4. The minimum absolute atomic E-state index is 0.0349. The Balaban J connectivity index is 1.52. The minimum atomic E-state index is -0.989. The van der Waals surface area contributed by atoms with Crippen LogP contribution in [0.25, 0.3) is 0 Å². The number of allylic oxidation sites excluding steroid dienone is 1. The molecule has 176 valence electrons. The summed E-state index contributed by atoms with van der Waals surface area (Å²) in [5.74, 6) is -0.323. The summed E-state index contributed by atoms with van der Waals surface area (Å²) in [6.45, 7) is 1.06. The first-order chi connectivity index (χ1) is 15.4. The Labute approximate surface area is 188 Å². The van der Waals surface area contributed by atoms with Crippen LogP contribution in [0.1, 0.15) is 64.2 Å². The van der Waals surface area contributed by atoms with Gasteiger partial charge >= 0.3 is 6.09 Å². The van der Waals surface area contributed by atoms with Crippen LogP contribution in [-0.4, -0.2) is 59.5 Å². The predicted octanol–water partition coefficient (Wildman–Crippen LogP) is 1.36. The quantitative estimate of drug-likeness (QED) is 0.561. The lowest BCUT2D eigenvalue weighted by atomic mass is 10.1. The average molecular weight is 447 g/mol. The van der Waals surface area contributed by atoms with E-state index in [2.05, 4.69) is 16.7 Å². The third kappa shape index (κ3) is 5.07. The van der Waals surface area contributed by atoms with E-state index in [0.29, 0.717) is 44.7 Å². The molecule has 4 unspecified atom stereocenters. The van der Waals surface area contributed by atoms with Crippen molar-refractivity contribution in [2.45, 2.75) is 81.9 Å². The largest absolute Gasteiger partial charge is 0.436 e. The van der Waals surface area contributed by atoms with Crippen LogP contribution in [0.5, 0.6) is 0 Å². The first-order valence-electron chi connectivity index (χ1n) is 11.9. The molecule has 1 saturated heterocycles. The summed E-state index contributed by atoms with van der Waals surface area (Å²) in [7, 11) is 0. The van der Waals surface area contributed by atoms with Gasteiger partial charge in [0.1, 0.15) is 11.6 Å². The second kappa shape index (κ2) is 9.50. The highest BCUT2D eigenvalue weighted by Crippen LogP contribution is 2.45. The van der Waals surface area contributed by atoms with Crippen LogP contribution in [-0.2, 0) is 19.1 Å². The number of hydrogen-bond acceptors (Lipinski definition) is 5. The Morgan fingerprint density at radius 1 is 1.16 bits per heavy atom. The van der Waals surface area contributed by atoms with Gasteiger partial charge in [-0.15, -0.1) is 0 Å². The van der Waals surface area contributed by atoms with Crippen molar-refractivity contribution in [2.24, 2.45) is 17.6 Å². The molecule has 4 rings (SSSR count). The summed E-state index contributed by atoms with van der Waals surface area (Å²) in [5, 5.41) is 6.02. The molecule has 4 aliphatic rings. The maximum atomic E-state index is 13.3. The normalized spacial score (nSPS) is 33.2. The van der Waals surface area contributed by atoms with Crippen LogP contribution in [0.2, 0.25) is 0 Å². The van der Waals surface area contributed by atoms with Gasteiger partial charge in [0.05, 0.1) is 0 Å². The average Bonchev–Trinajstić information content (AvgIpc) is 3.65. The molecule has 4 amide bonds. The fraction of sp³-hybridized carbons (Fsp3) is 0.739. The fourth-order valence-electron chi connectivity index (χ4n) is 4.89. The van der Waals surface area contributed by atoms with Crippen molar-refractivity contribution >= 4 is 23.8 Å². The van der Waals surface area contributed by atoms with Crippen LogP contribution in [0.4, 0.5) is 4.79 Å². The molecule has 9 heteroatoms. The van der Waals surface area contributed by atoms with Gasteiger partial charge < -0.3 is 26.0 Å². The Hall–Kier alpha value is -2.58. The Morgan fingerprint density at radius 3 is 2.72 bits per heavy atom. The van der Waals surface area contributed by atoms with Crippen molar-refractivity contribution in [2.75, 3.05) is 13.1 Å². The van der Waals surface area contributed by atoms with Crippen molar-refractivity contribution in [3.63, 3.8) is 0 Å². The van der Waals surface area contributed by atoms with Gasteiger partial charge in [0.15, 0.2) is 6.10 Å². The summed E-state index contributed by atoms with van der Waals surface area (Å²) < 4.78 is 5.12. The number of nitrogens with zero attached hydrogens (tertiary/aromatic N) is 1. The van der Waals surface area contributed by atoms with Crippen molar-refractivity contribution in [3.8, 4) is 0 Å². The van der Waals surface area contributed by atoms with Gasteiger partial charge in [-0.25, -0.2) is 4.79 Å². The Morgan fingerprint density at radius 2 is 1.97 bits per heavy atom. The van der Waals surface area contributed by atoms with Crippen LogP contribution < -0.4 is 16.4 Å². The molecular weight excluding hydrogens is 412 g/mol. The van der Waals surface area contributed by atoms with Crippen molar-refractivity contribution in [3.05, 3.63) is 12.2 Å². The first-order valence-corrected chi connectivity index (χ1v) is 11.9. The van der Waals surface area contributed by atoms with E-state index in [1.165, 1.54) is 4.90 Å². The number of carbonyl (C=O) groups is 4. The summed E-state index contributed by atoms with van der Waals surface area (Å²) in [6.07, 6.45) is 9.96. The molecule has 32 heavy (non-hydrogen) atoms. The molecule has 2 aliphatic heterocycles. The predicted molar refractivity (Wildman–Crippen MR) is 116 cm³/mol. The van der Waals surface area contributed by atoms with Crippen LogP contribution in [0.3, 0.4) is 0 Å². The number of hydrogen-bond donors (Lipinski definition) is 3. The van der Waals surface area contributed by atoms with Gasteiger partial charge in [0.2, 0.25) is 11.8 Å². The van der Waals surface area contributed by atoms with E-state index in [1.807, 2.05) is 6.08 Å². The summed E-state index contributed by atoms with van der Waals surface area (Å²) in [5.41, 5.74) is 4.25. The van der Waals surface area contributed by atoms with E-state index in [-0.39, 0.29) is 23.6 Å². The topological polar surface area (TPSA) is 131 Å². The Kier molecular flexibility index (Phi) is 6.71. The fourth-order valence-corrected chi connectivity index (χ4v) is 4.89. The van der Waals surface area contributed by atoms with E-state index in [4.69, 9.17) is 10.5 Å². The van der Waals surface area contributed by atoms with E-state index in [1.54, 1.807) is 0 Å². The summed E-state index contributed by atoms with van der Waals surface area (Å²) in [4.78, 5) is 52.3. The second-order valence-electron chi connectivity index (χ2n) is 9.61. The monoisotopic (exact) mass is 446 g/mol. The van der Waals surface area contributed by atoms with Gasteiger partial charge in [-0.1, -0.05) is 18.6 Å². The van der Waals surface area contributed by atoms with Crippen LogP contribution in [0, 0.1) is 11.8 Å². The molecule has 0 aromatic carbocycles. The zero-order valence-corrected chi connectivity index (χ0v) is 18.5. The molecule has 0 aromatic heterocycles. The molecule has 0 radical (unpaired) electrons. The molecule has 4 atom stereocenters.